The van der Waals surface area contributed by atoms with Crippen LogP contribution in [0.1, 0.15) is 18.7 Å². The van der Waals surface area contributed by atoms with Crippen molar-refractivity contribution in [2.75, 3.05) is 6.54 Å². The number of nitrogens with one attached hydrogen (secondary N) is 1. The van der Waals surface area contributed by atoms with Crippen molar-refractivity contribution in [2.45, 2.75) is 19.3 Å². The van der Waals surface area contributed by atoms with E-state index in [4.69, 9.17) is 4.74 Å². The van der Waals surface area contributed by atoms with Crippen molar-refractivity contribution in [1.82, 2.24) is 5.32 Å². The average molecular weight is 163 g/mol. The van der Waals surface area contributed by atoms with E-state index in [1.54, 1.807) is 0 Å². The monoisotopic (exact) mass is 163 g/mol. The zero-order valence-electron chi connectivity index (χ0n) is 7.16. The average Bonchev–Trinajstić information content (AvgIpc) is 2.54. The van der Waals surface area contributed by atoms with Gasteiger partial charge >= 0.3 is 0 Å². The fraction of sp³-hybridized carbons (Fsp3) is 0.400. The molecule has 2 atom stereocenters. The smallest absolute Gasteiger partial charge is 0.134 e. The van der Waals surface area contributed by atoms with E-state index in [9.17, 15) is 0 Å². The highest BCUT2D eigenvalue weighted by Gasteiger charge is 2.21. The molecule has 1 N–H and O–H groups in total. The Kier molecular flexibility index (Phi) is 2.11. The molecule has 1 fully saturated rings. The molecule has 1 aliphatic heterocycles. The highest BCUT2D eigenvalue weighted by atomic mass is 16.5. The maximum atomic E-state index is 5.64. The summed E-state index contributed by atoms with van der Waals surface area (Å²) in [5, 5.41) is 3.30. The Morgan fingerprint density at radius 3 is 2.67 bits per heavy atom. The zero-order chi connectivity index (χ0) is 8.39. The Morgan fingerprint density at radius 1 is 1.33 bits per heavy atom. The molecule has 2 nitrogen and oxygen atoms in total. The molecule has 64 valence electrons. The van der Waals surface area contributed by atoms with Crippen LogP contribution in [-0.2, 0) is 4.74 Å². The summed E-state index contributed by atoms with van der Waals surface area (Å²) in [6.07, 6.45) is 0.427. The fourth-order valence-corrected chi connectivity index (χ4v) is 1.43. The second-order valence-electron chi connectivity index (χ2n) is 3.15. The minimum Gasteiger partial charge on any atom is -0.355 e. The Morgan fingerprint density at radius 2 is 2.08 bits per heavy atom. The summed E-state index contributed by atoms with van der Waals surface area (Å²) in [4.78, 5) is 0. The molecule has 1 aromatic carbocycles. The molecule has 0 saturated carbocycles. The van der Waals surface area contributed by atoms with Crippen LogP contribution in [0.4, 0.5) is 0 Å². The summed E-state index contributed by atoms with van der Waals surface area (Å²) in [5.74, 6) is 0. The summed E-state index contributed by atoms with van der Waals surface area (Å²) in [5.41, 5.74) is 1.21. The lowest BCUT2D eigenvalue weighted by Crippen LogP contribution is -2.14. The predicted octanol–water partition coefficient (Wildman–Crippen LogP) is 1.69. The van der Waals surface area contributed by atoms with Gasteiger partial charge in [0.05, 0.1) is 6.10 Å². The first-order chi connectivity index (χ1) is 5.86. The molecule has 0 amide bonds. The highest BCUT2D eigenvalue weighted by molar-refractivity contribution is 5.17. The molecule has 1 aliphatic rings. The SMILES string of the molecule is CC1CNC(c2ccccc2)O1. The molecule has 2 heteroatoms. The van der Waals surface area contributed by atoms with Gasteiger partial charge in [0.25, 0.3) is 0 Å². The topological polar surface area (TPSA) is 21.3 Å². The van der Waals surface area contributed by atoms with Gasteiger partial charge in [0.2, 0.25) is 0 Å². The third-order valence-corrected chi connectivity index (χ3v) is 2.06. The number of hydrogen-bond acceptors (Lipinski definition) is 2. The summed E-state index contributed by atoms with van der Waals surface area (Å²) in [6, 6.07) is 10.2. The van der Waals surface area contributed by atoms with Crippen LogP contribution < -0.4 is 5.32 Å². The molecular formula is C10H13NO. The van der Waals surface area contributed by atoms with Crippen LogP contribution in [0.5, 0.6) is 0 Å². The van der Waals surface area contributed by atoms with Crippen molar-refractivity contribution in [1.29, 1.82) is 0 Å². The summed E-state index contributed by atoms with van der Waals surface area (Å²) in [7, 11) is 0. The van der Waals surface area contributed by atoms with Crippen LogP contribution in [0.2, 0.25) is 0 Å². The zero-order valence-corrected chi connectivity index (χ0v) is 7.16. The second kappa shape index (κ2) is 3.25. The van der Waals surface area contributed by atoms with Gasteiger partial charge in [-0.2, -0.15) is 0 Å². The van der Waals surface area contributed by atoms with Crippen LogP contribution in [0.15, 0.2) is 30.3 Å². The minimum atomic E-state index is 0.0983. The van der Waals surface area contributed by atoms with E-state index in [2.05, 4.69) is 24.4 Å². The van der Waals surface area contributed by atoms with E-state index in [1.807, 2.05) is 18.2 Å². The van der Waals surface area contributed by atoms with Crippen molar-refractivity contribution in [3.05, 3.63) is 35.9 Å². The van der Waals surface area contributed by atoms with Gasteiger partial charge in [0.15, 0.2) is 0 Å². The number of ether oxygens (including phenoxy) is 1. The molecule has 0 spiro atoms. The molecule has 2 unspecified atom stereocenters. The van der Waals surface area contributed by atoms with Crippen molar-refractivity contribution < 1.29 is 4.74 Å². The quantitative estimate of drug-likeness (QED) is 0.680. The molecule has 0 aliphatic carbocycles. The summed E-state index contributed by atoms with van der Waals surface area (Å²) < 4.78 is 5.64. The van der Waals surface area contributed by atoms with Gasteiger partial charge in [0.1, 0.15) is 6.23 Å². The van der Waals surface area contributed by atoms with E-state index >= 15 is 0 Å². The first-order valence-electron chi connectivity index (χ1n) is 4.30. The molecular weight excluding hydrogens is 150 g/mol. The molecule has 0 radical (unpaired) electrons. The predicted molar refractivity (Wildman–Crippen MR) is 47.7 cm³/mol. The lowest BCUT2D eigenvalue weighted by molar-refractivity contribution is 0.0511. The van der Waals surface area contributed by atoms with E-state index in [0.717, 1.165) is 6.54 Å². The van der Waals surface area contributed by atoms with Crippen LogP contribution in [-0.4, -0.2) is 12.6 Å². The molecule has 2 rings (SSSR count). The Bertz CT molecular complexity index is 247. The molecule has 1 aromatic rings. The van der Waals surface area contributed by atoms with Gasteiger partial charge in [-0.15, -0.1) is 0 Å². The summed E-state index contributed by atoms with van der Waals surface area (Å²) >= 11 is 0. The van der Waals surface area contributed by atoms with Gasteiger partial charge in [0, 0.05) is 6.54 Å². The second-order valence-corrected chi connectivity index (χ2v) is 3.15. The Hall–Kier alpha value is -0.860. The van der Waals surface area contributed by atoms with E-state index in [-0.39, 0.29) is 6.23 Å². The van der Waals surface area contributed by atoms with Crippen molar-refractivity contribution in [3.8, 4) is 0 Å². The molecule has 1 saturated heterocycles. The fourth-order valence-electron chi connectivity index (χ4n) is 1.43. The number of rotatable bonds is 1. The largest absolute Gasteiger partial charge is 0.355 e. The van der Waals surface area contributed by atoms with E-state index in [0.29, 0.717) is 6.10 Å². The number of benzene rings is 1. The van der Waals surface area contributed by atoms with Gasteiger partial charge in [-0.25, -0.2) is 0 Å². The van der Waals surface area contributed by atoms with E-state index in [1.165, 1.54) is 5.56 Å². The van der Waals surface area contributed by atoms with Crippen LogP contribution >= 0.6 is 0 Å². The highest BCUT2D eigenvalue weighted by Crippen LogP contribution is 2.20. The normalized spacial score (nSPS) is 29.1. The Balaban J connectivity index is 2.11. The maximum Gasteiger partial charge on any atom is 0.134 e. The third-order valence-electron chi connectivity index (χ3n) is 2.06. The van der Waals surface area contributed by atoms with Gasteiger partial charge < -0.3 is 4.74 Å². The maximum absolute atomic E-state index is 5.64. The summed E-state index contributed by atoms with van der Waals surface area (Å²) in [6.45, 7) is 3.02. The molecule has 0 bridgehead atoms. The standard InChI is InChI=1S/C10H13NO/c1-8-7-11-10(12-8)9-5-3-2-4-6-9/h2-6,8,10-11H,7H2,1H3. The molecule has 0 aromatic heterocycles. The Labute approximate surface area is 72.5 Å². The minimum absolute atomic E-state index is 0.0983. The van der Waals surface area contributed by atoms with Gasteiger partial charge in [-0.05, 0) is 12.5 Å². The van der Waals surface area contributed by atoms with Crippen molar-refractivity contribution >= 4 is 0 Å². The lowest BCUT2D eigenvalue weighted by atomic mass is 10.2. The third kappa shape index (κ3) is 1.49. The van der Waals surface area contributed by atoms with Crippen molar-refractivity contribution in [3.63, 3.8) is 0 Å². The van der Waals surface area contributed by atoms with Gasteiger partial charge in [-0.3, -0.25) is 5.32 Å². The van der Waals surface area contributed by atoms with Crippen LogP contribution in [0.3, 0.4) is 0 Å². The van der Waals surface area contributed by atoms with Gasteiger partial charge in [-0.1, -0.05) is 30.3 Å². The first kappa shape index (κ1) is 7.77. The van der Waals surface area contributed by atoms with E-state index < -0.39 is 0 Å². The lowest BCUT2D eigenvalue weighted by Gasteiger charge is -2.10. The molecule has 1 heterocycles. The van der Waals surface area contributed by atoms with Crippen molar-refractivity contribution in [2.24, 2.45) is 0 Å². The molecule has 12 heavy (non-hydrogen) atoms. The van der Waals surface area contributed by atoms with Crippen LogP contribution in [0, 0.1) is 0 Å². The number of hydrogen-bond donors (Lipinski definition) is 1. The first-order valence-corrected chi connectivity index (χ1v) is 4.30. The van der Waals surface area contributed by atoms with Crippen LogP contribution in [0.25, 0.3) is 0 Å².